The fourth-order valence-electron chi connectivity index (χ4n) is 1.34. The molecule has 2 aromatic rings. The molecule has 0 spiro atoms. The summed E-state index contributed by atoms with van der Waals surface area (Å²) in [6, 6.07) is 5.26. The van der Waals surface area contributed by atoms with Crippen LogP contribution in [0.1, 0.15) is 5.56 Å². The van der Waals surface area contributed by atoms with Crippen LogP contribution in [0.4, 0.5) is 0 Å². The number of benzene rings is 1. The van der Waals surface area contributed by atoms with Crippen molar-refractivity contribution in [3.8, 4) is 11.8 Å². The van der Waals surface area contributed by atoms with Gasteiger partial charge in [0.1, 0.15) is 5.75 Å². The van der Waals surface area contributed by atoms with Crippen LogP contribution >= 0.6 is 23.2 Å². The maximum absolute atomic E-state index is 5.89. The highest BCUT2D eigenvalue weighted by Gasteiger charge is 2.03. The van der Waals surface area contributed by atoms with E-state index in [1.54, 1.807) is 30.6 Å². The smallest absolute Gasteiger partial charge is 0.321 e. The molecular weight excluding hydrogens is 273 g/mol. The van der Waals surface area contributed by atoms with Gasteiger partial charge in [-0.25, -0.2) is 9.97 Å². The molecule has 2 rings (SSSR count). The highest BCUT2D eigenvalue weighted by molar-refractivity contribution is 6.42. The number of hydrogen-bond acceptors (Lipinski definition) is 4. The van der Waals surface area contributed by atoms with Crippen LogP contribution < -0.4 is 10.1 Å². The fraction of sp³-hybridized carbons (Fsp3) is 0.167. The summed E-state index contributed by atoms with van der Waals surface area (Å²) in [5, 5.41) is 3.93. The van der Waals surface area contributed by atoms with E-state index in [9.17, 15) is 0 Å². The van der Waals surface area contributed by atoms with Crippen molar-refractivity contribution in [2.75, 3.05) is 7.05 Å². The van der Waals surface area contributed by atoms with Gasteiger partial charge in [-0.15, -0.1) is 0 Å². The van der Waals surface area contributed by atoms with Crippen LogP contribution in [0.25, 0.3) is 0 Å². The third kappa shape index (κ3) is 3.32. The van der Waals surface area contributed by atoms with Crippen molar-refractivity contribution in [1.82, 2.24) is 15.3 Å². The average Bonchev–Trinajstić information content (AvgIpc) is 2.37. The molecule has 0 aliphatic carbocycles. The number of hydrogen-bond donors (Lipinski definition) is 1. The van der Waals surface area contributed by atoms with Crippen molar-refractivity contribution in [1.29, 1.82) is 0 Å². The van der Waals surface area contributed by atoms with E-state index in [2.05, 4.69) is 15.3 Å². The van der Waals surface area contributed by atoms with Gasteiger partial charge < -0.3 is 10.1 Å². The summed E-state index contributed by atoms with van der Waals surface area (Å²) < 4.78 is 5.46. The summed E-state index contributed by atoms with van der Waals surface area (Å²) in [5.41, 5.74) is 0.985. The highest BCUT2D eigenvalue weighted by Crippen LogP contribution is 2.28. The quantitative estimate of drug-likeness (QED) is 0.935. The molecule has 0 unspecified atom stereocenters. The van der Waals surface area contributed by atoms with Gasteiger partial charge in [-0.3, -0.25) is 0 Å². The predicted molar refractivity (Wildman–Crippen MR) is 71.3 cm³/mol. The minimum atomic E-state index is 0.272. The number of halogens is 2. The molecule has 0 aliphatic rings. The standard InChI is InChI=1S/C12H11Cl2N3O/c1-15-5-8-6-16-12(17-7-8)18-9-2-3-10(13)11(14)4-9/h2-4,6-7,15H,5H2,1H3. The first-order valence-corrected chi connectivity index (χ1v) is 6.03. The van der Waals surface area contributed by atoms with Crippen LogP contribution in [-0.2, 0) is 6.54 Å². The molecule has 0 amide bonds. The maximum Gasteiger partial charge on any atom is 0.321 e. The molecule has 6 heteroatoms. The first-order valence-electron chi connectivity index (χ1n) is 5.27. The SMILES string of the molecule is CNCc1cnc(Oc2ccc(Cl)c(Cl)c2)nc1. The van der Waals surface area contributed by atoms with E-state index in [0.29, 0.717) is 22.3 Å². The second-order valence-corrected chi connectivity index (χ2v) is 4.40. The molecule has 0 radical (unpaired) electrons. The van der Waals surface area contributed by atoms with Crippen molar-refractivity contribution in [3.05, 3.63) is 46.2 Å². The van der Waals surface area contributed by atoms with Gasteiger partial charge in [-0.2, -0.15) is 0 Å². The lowest BCUT2D eigenvalue weighted by Gasteiger charge is -2.05. The number of nitrogens with zero attached hydrogens (tertiary/aromatic N) is 2. The number of rotatable bonds is 4. The lowest BCUT2D eigenvalue weighted by atomic mass is 10.3. The minimum Gasteiger partial charge on any atom is -0.424 e. The van der Waals surface area contributed by atoms with Gasteiger partial charge >= 0.3 is 6.01 Å². The Balaban J connectivity index is 2.10. The van der Waals surface area contributed by atoms with E-state index >= 15 is 0 Å². The van der Waals surface area contributed by atoms with E-state index in [4.69, 9.17) is 27.9 Å². The lowest BCUT2D eigenvalue weighted by molar-refractivity contribution is 0.441. The third-order valence-electron chi connectivity index (χ3n) is 2.16. The normalized spacial score (nSPS) is 10.4. The number of nitrogens with one attached hydrogen (secondary N) is 1. The molecule has 0 aliphatic heterocycles. The number of ether oxygens (including phenoxy) is 1. The van der Waals surface area contributed by atoms with Crippen molar-refractivity contribution in [2.45, 2.75) is 6.54 Å². The zero-order valence-electron chi connectivity index (χ0n) is 9.65. The second-order valence-electron chi connectivity index (χ2n) is 3.58. The Kier molecular flexibility index (Phi) is 4.36. The zero-order valence-corrected chi connectivity index (χ0v) is 11.2. The molecule has 0 saturated heterocycles. The van der Waals surface area contributed by atoms with Crippen LogP contribution in [0, 0.1) is 0 Å². The molecule has 4 nitrogen and oxygen atoms in total. The van der Waals surface area contributed by atoms with Crippen LogP contribution in [0.2, 0.25) is 10.0 Å². The molecule has 94 valence electrons. The summed E-state index contributed by atoms with van der Waals surface area (Å²) in [4.78, 5) is 8.19. The molecule has 1 heterocycles. The van der Waals surface area contributed by atoms with Crippen LogP contribution in [-0.4, -0.2) is 17.0 Å². The van der Waals surface area contributed by atoms with Gasteiger partial charge in [0.25, 0.3) is 0 Å². The Morgan fingerprint density at radius 1 is 1.17 bits per heavy atom. The molecule has 1 N–H and O–H groups in total. The first-order chi connectivity index (χ1) is 8.69. The van der Waals surface area contributed by atoms with Gasteiger partial charge in [-0.05, 0) is 19.2 Å². The van der Waals surface area contributed by atoms with E-state index in [1.807, 2.05) is 7.05 Å². The van der Waals surface area contributed by atoms with Gasteiger partial charge in [0.2, 0.25) is 0 Å². The van der Waals surface area contributed by atoms with E-state index in [1.165, 1.54) is 0 Å². The second kappa shape index (κ2) is 6.00. The monoisotopic (exact) mass is 283 g/mol. The molecule has 0 saturated carbocycles. The van der Waals surface area contributed by atoms with Crippen molar-refractivity contribution in [2.24, 2.45) is 0 Å². The Morgan fingerprint density at radius 2 is 1.89 bits per heavy atom. The maximum atomic E-state index is 5.89. The summed E-state index contributed by atoms with van der Waals surface area (Å²) in [6.45, 7) is 0.715. The summed E-state index contributed by atoms with van der Waals surface area (Å²) in [6.07, 6.45) is 3.41. The minimum absolute atomic E-state index is 0.272. The van der Waals surface area contributed by atoms with Crippen LogP contribution in [0.5, 0.6) is 11.8 Å². The van der Waals surface area contributed by atoms with Gasteiger partial charge in [0.15, 0.2) is 0 Å². The van der Waals surface area contributed by atoms with Crippen molar-refractivity contribution >= 4 is 23.2 Å². The highest BCUT2D eigenvalue weighted by atomic mass is 35.5. The molecule has 0 atom stereocenters. The molecule has 18 heavy (non-hydrogen) atoms. The molecule has 0 fully saturated rings. The van der Waals surface area contributed by atoms with E-state index in [-0.39, 0.29) is 6.01 Å². The Bertz CT molecular complexity index is 531. The van der Waals surface area contributed by atoms with Crippen LogP contribution in [0.15, 0.2) is 30.6 Å². The van der Waals surface area contributed by atoms with Crippen LogP contribution in [0.3, 0.4) is 0 Å². The van der Waals surface area contributed by atoms with Gasteiger partial charge in [0, 0.05) is 30.6 Å². The Hall–Kier alpha value is -1.36. The third-order valence-corrected chi connectivity index (χ3v) is 2.90. The molecule has 0 bridgehead atoms. The fourth-order valence-corrected chi connectivity index (χ4v) is 1.62. The van der Waals surface area contributed by atoms with Gasteiger partial charge in [-0.1, -0.05) is 23.2 Å². The van der Waals surface area contributed by atoms with Crippen molar-refractivity contribution in [3.63, 3.8) is 0 Å². The molecule has 1 aromatic carbocycles. The van der Waals surface area contributed by atoms with Crippen molar-refractivity contribution < 1.29 is 4.74 Å². The summed E-state index contributed by atoms with van der Waals surface area (Å²) >= 11 is 11.7. The lowest BCUT2D eigenvalue weighted by Crippen LogP contribution is -2.06. The zero-order chi connectivity index (χ0) is 13.0. The summed E-state index contributed by atoms with van der Waals surface area (Å²) in [5.74, 6) is 0.547. The molecular formula is C12H11Cl2N3O. The Morgan fingerprint density at radius 3 is 2.50 bits per heavy atom. The molecule has 1 aromatic heterocycles. The topological polar surface area (TPSA) is 47.0 Å². The average molecular weight is 284 g/mol. The first kappa shape index (κ1) is 13.1. The Labute approximate surface area is 115 Å². The summed E-state index contributed by atoms with van der Waals surface area (Å²) in [7, 11) is 1.86. The van der Waals surface area contributed by atoms with E-state index < -0.39 is 0 Å². The number of aromatic nitrogens is 2. The predicted octanol–water partition coefficient (Wildman–Crippen LogP) is 3.30. The largest absolute Gasteiger partial charge is 0.424 e. The van der Waals surface area contributed by atoms with E-state index in [0.717, 1.165) is 5.56 Å². The van der Waals surface area contributed by atoms with Gasteiger partial charge in [0.05, 0.1) is 10.0 Å².